The lowest BCUT2D eigenvalue weighted by atomic mass is 9.35. The number of hydrogen-bond acceptors (Lipinski definition) is 31. The third-order valence-electron chi connectivity index (χ3n) is 24.3. The molecule has 0 bridgehead atoms. The normalized spacial score (nSPS) is 53.2. The fourth-order valence-corrected chi connectivity index (χ4v) is 18.5. The van der Waals surface area contributed by atoms with E-state index < -0.39 is 239 Å². The highest BCUT2D eigenvalue weighted by molar-refractivity contribution is 5.21. The number of allylic oxidation sites excluding steroid dienone is 2. The van der Waals surface area contributed by atoms with E-state index in [9.17, 15) is 97.0 Å². The van der Waals surface area contributed by atoms with Crippen LogP contribution in [0.3, 0.4) is 0 Å². The highest BCUT2D eigenvalue weighted by Gasteiger charge is 2.72. The second kappa shape index (κ2) is 29.7. The number of hydrogen-bond donors (Lipinski definition) is 19. The molecule has 0 aromatic carbocycles. The minimum absolute atomic E-state index is 0.0418. The molecule has 38 atom stereocenters. The third kappa shape index (κ3) is 14.1. The molecule has 4 saturated carbocycles. The highest BCUT2D eigenvalue weighted by Crippen LogP contribution is 2.76. The van der Waals surface area contributed by atoms with Crippen LogP contribution in [0.25, 0.3) is 0 Å². The Balaban J connectivity index is 0.842. The van der Waals surface area contributed by atoms with Crippen LogP contribution in [0.4, 0.5) is 0 Å². The van der Waals surface area contributed by atoms with Gasteiger partial charge in [0.1, 0.15) is 134 Å². The van der Waals surface area contributed by atoms with E-state index in [2.05, 4.69) is 40.7 Å². The van der Waals surface area contributed by atoms with Gasteiger partial charge in [0.25, 0.3) is 0 Å². The monoisotopic (exact) mass is 1370 g/mol. The molecule has 6 saturated heterocycles. The van der Waals surface area contributed by atoms with E-state index in [0.29, 0.717) is 44.9 Å². The molecule has 0 unspecified atom stereocenters. The molecule has 10 aliphatic rings. The Morgan fingerprint density at radius 3 is 1.48 bits per heavy atom. The Hall–Kier alpha value is -1.50. The highest BCUT2D eigenvalue weighted by atomic mass is 16.8. The Labute approximate surface area is 551 Å². The van der Waals surface area contributed by atoms with Gasteiger partial charge in [0, 0.05) is 0 Å². The Bertz CT molecular complexity index is 2540. The molecule has 6 aliphatic heterocycles. The van der Waals surface area contributed by atoms with Crippen LogP contribution in [0.15, 0.2) is 11.6 Å². The smallest absolute Gasteiger partial charge is 0.187 e. The first-order valence-corrected chi connectivity index (χ1v) is 33.7. The second-order valence-electron chi connectivity index (χ2n) is 30.5. The van der Waals surface area contributed by atoms with E-state index in [1.54, 1.807) is 0 Å². The standard InChI is InChI=1S/C64H108O31/c1-25(2)10-9-14-64(8,95-57-51(83)45(77)43(75)33(91-57)24-87-55-50(82)44(76)42(74)32(90-55)23-86-54-48(80)38(70)28(68)21-84-54)26-11-16-63(7)37(26)27(67)18-35-61(5)15-13-36(60(3,4)34(61)12-17-62(35,63)6)92-58-52(46(78)40(72)30(19-65)88-58)94-59-53(47(79)41(73)31(20-66)89-59)93-56-49(81)39(71)29(69)22-85-56/h10,26-59,65-83H,9,11-24H2,1-8H3/t26-,27+,28+,29+,30+,31+,32+,33+,34-,35+,36-,37-,38+,39-,40+,41+,42+,43+,44-,45-,46-,47-,48+,49+,50+,51+,52+,53+,54-,55-,56-,57-,58-,59-,61-,62+,63+,64-/m0/s1. The van der Waals surface area contributed by atoms with Crippen molar-refractivity contribution in [2.24, 2.45) is 45.3 Å². The number of fused-ring (bicyclic) bond motifs is 5. The summed E-state index contributed by atoms with van der Waals surface area (Å²) >= 11 is 0. The van der Waals surface area contributed by atoms with Gasteiger partial charge in [-0.3, -0.25) is 0 Å². The van der Waals surface area contributed by atoms with Crippen LogP contribution in [-0.2, 0) is 56.8 Å². The van der Waals surface area contributed by atoms with Gasteiger partial charge in [0.05, 0.1) is 57.5 Å². The van der Waals surface area contributed by atoms with Gasteiger partial charge in [-0.05, 0) is 124 Å². The average molecular weight is 1370 g/mol. The summed E-state index contributed by atoms with van der Waals surface area (Å²) in [4.78, 5) is 0. The van der Waals surface area contributed by atoms with Crippen LogP contribution in [0.5, 0.6) is 0 Å². The molecule has 31 heteroatoms. The number of ether oxygens (including phenoxy) is 12. The van der Waals surface area contributed by atoms with Crippen LogP contribution < -0.4 is 0 Å². The molecule has 0 aromatic rings. The minimum Gasteiger partial charge on any atom is -0.394 e. The van der Waals surface area contributed by atoms with Crippen molar-refractivity contribution >= 4 is 0 Å². The number of rotatable bonds is 20. The maximum absolute atomic E-state index is 13.0. The number of aliphatic hydroxyl groups is 19. The topological polar surface area (TPSA) is 495 Å². The lowest BCUT2D eigenvalue weighted by molar-refractivity contribution is -0.395. The molecule has 19 N–H and O–H groups in total. The fraction of sp³-hybridized carbons (Fsp3) is 0.969. The van der Waals surface area contributed by atoms with Crippen molar-refractivity contribution in [3.63, 3.8) is 0 Å². The lowest BCUT2D eigenvalue weighted by Crippen LogP contribution is -2.68. The molecule has 95 heavy (non-hydrogen) atoms. The molecule has 550 valence electrons. The molecule has 10 rings (SSSR count). The molecule has 0 spiro atoms. The van der Waals surface area contributed by atoms with Crippen LogP contribution >= 0.6 is 0 Å². The molecule has 10 fully saturated rings. The zero-order chi connectivity index (χ0) is 69.5. The zero-order valence-corrected chi connectivity index (χ0v) is 55.2. The first-order valence-electron chi connectivity index (χ1n) is 33.7. The zero-order valence-electron chi connectivity index (χ0n) is 55.2. The molecular formula is C64H108O31. The van der Waals surface area contributed by atoms with Gasteiger partial charge in [-0.1, -0.05) is 46.3 Å². The first-order chi connectivity index (χ1) is 44.6. The molecule has 0 radical (unpaired) electrons. The second-order valence-corrected chi connectivity index (χ2v) is 30.5. The SMILES string of the molecule is CC(C)=CCC[C@](C)(O[C@@H]1O[C@H](CO[C@H]2O[C@H](CO[C@@H]3OC[C@@H](O)[C@@H](O)[C@H]3O)[C@@H](O)[C@H](O)[C@H]2O)[C@@H](O)[C@H](O)[C@H]1O)[C@H]1CC[C@]2(C)[C@@H]1[C@H](O)C[C@@H]1[C@@]3(C)CC[C@H](O[C@@H]4O[C@H](CO)[C@@H](O)[C@H](O)[C@H]4O[C@@H]4O[C@H](CO)[C@@H](O)[C@H](O)[C@H]4O[C@@H]4OC[C@@H](O)[C@H](O)[C@H]4O)C(C)(C)[C@@H]3CC[C@]12C. The Morgan fingerprint density at radius 1 is 0.463 bits per heavy atom. The van der Waals surface area contributed by atoms with Gasteiger partial charge >= 0.3 is 0 Å². The van der Waals surface area contributed by atoms with E-state index in [1.807, 2.05) is 20.8 Å². The van der Waals surface area contributed by atoms with Crippen molar-refractivity contribution < 1.29 is 154 Å². The van der Waals surface area contributed by atoms with Crippen LogP contribution in [0, 0.1) is 45.3 Å². The van der Waals surface area contributed by atoms with E-state index in [-0.39, 0.29) is 35.7 Å². The van der Waals surface area contributed by atoms with Crippen molar-refractivity contribution in [3.05, 3.63) is 11.6 Å². The van der Waals surface area contributed by atoms with Crippen molar-refractivity contribution in [2.75, 3.05) is 39.6 Å². The van der Waals surface area contributed by atoms with Gasteiger partial charge in [0.15, 0.2) is 37.7 Å². The molecule has 0 aromatic heterocycles. The summed E-state index contributed by atoms with van der Waals surface area (Å²) in [6.07, 6.45) is -41.1. The van der Waals surface area contributed by atoms with Gasteiger partial charge in [-0.15, -0.1) is 0 Å². The predicted molar refractivity (Wildman–Crippen MR) is 319 cm³/mol. The van der Waals surface area contributed by atoms with Gasteiger partial charge in [0.2, 0.25) is 0 Å². The molecule has 0 amide bonds. The maximum Gasteiger partial charge on any atom is 0.187 e. The van der Waals surface area contributed by atoms with Crippen LogP contribution in [0.2, 0.25) is 0 Å². The number of aliphatic hydroxyl groups excluding tert-OH is 19. The van der Waals surface area contributed by atoms with Gasteiger partial charge < -0.3 is 154 Å². The summed E-state index contributed by atoms with van der Waals surface area (Å²) < 4.78 is 72.5. The van der Waals surface area contributed by atoms with Crippen molar-refractivity contribution in [2.45, 2.75) is 303 Å². The van der Waals surface area contributed by atoms with Crippen LogP contribution in [-0.4, -0.2) is 327 Å². The largest absolute Gasteiger partial charge is 0.394 e. The van der Waals surface area contributed by atoms with Gasteiger partial charge in [-0.2, -0.15) is 0 Å². The summed E-state index contributed by atoms with van der Waals surface area (Å²) in [6, 6.07) is 0. The summed E-state index contributed by atoms with van der Waals surface area (Å²) in [5.74, 6) is -0.795. The van der Waals surface area contributed by atoms with E-state index in [0.717, 1.165) is 18.4 Å². The first kappa shape index (κ1) is 76.1. The summed E-state index contributed by atoms with van der Waals surface area (Å²) in [5, 5.41) is 208. The van der Waals surface area contributed by atoms with Crippen molar-refractivity contribution in [3.8, 4) is 0 Å². The summed E-state index contributed by atoms with van der Waals surface area (Å²) in [6.45, 7) is 13.3. The lowest BCUT2D eigenvalue weighted by Gasteiger charge is -2.71. The summed E-state index contributed by atoms with van der Waals surface area (Å²) in [5.41, 5.74) is -2.07. The van der Waals surface area contributed by atoms with Crippen molar-refractivity contribution in [1.29, 1.82) is 0 Å². The van der Waals surface area contributed by atoms with Gasteiger partial charge in [-0.25, -0.2) is 0 Å². The summed E-state index contributed by atoms with van der Waals surface area (Å²) in [7, 11) is 0. The van der Waals surface area contributed by atoms with Crippen molar-refractivity contribution in [1.82, 2.24) is 0 Å². The van der Waals surface area contributed by atoms with E-state index in [4.69, 9.17) is 56.8 Å². The quantitative estimate of drug-likeness (QED) is 0.0400. The molecular weight excluding hydrogens is 1260 g/mol. The Morgan fingerprint density at radius 2 is 0.926 bits per heavy atom. The van der Waals surface area contributed by atoms with E-state index >= 15 is 0 Å². The average Bonchev–Trinajstić information content (AvgIpc) is 1.66. The van der Waals surface area contributed by atoms with Crippen LogP contribution in [0.1, 0.15) is 113 Å². The third-order valence-corrected chi connectivity index (χ3v) is 24.3. The minimum atomic E-state index is -1.90. The molecule has 6 heterocycles. The fourth-order valence-electron chi connectivity index (χ4n) is 18.5. The maximum atomic E-state index is 13.0. The Kier molecular flexibility index (Phi) is 23.8. The predicted octanol–water partition coefficient (Wildman–Crippen LogP) is -5.28. The molecule has 31 nitrogen and oxygen atoms in total. The molecule has 4 aliphatic carbocycles. The van der Waals surface area contributed by atoms with E-state index in [1.165, 1.54) is 0 Å².